The number of halogens is 1. The van der Waals surface area contributed by atoms with Crippen LogP contribution in [0, 0.1) is 5.82 Å². The first-order valence-corrected chi connectivity index (χ1v) is 7.69. The summed E-state index contributed by atoms with van der Waals surface area (Å²) in [6.07, 6.45) is -0.0670. The lowest BCUT2D eigenvalue weighted by molar-refractivity contribution is 0.225. The molecular weight excluding hydrogens is 311 g/mol. The Balaban J connectivity index is 2.01. The number of carbonyl (C=O) groups excluding carboxylic acids is 1. The third kappa shape index (κ3) is 4.96. The minimum atomic E-state index is -0.602. The van der Waals surface area contributed by atoms with Crippen LogP contribution in [0.3, 0.4) is 0 Å². The summed E-state index contributed by atoms with van der Waals surface area (Å²) >= 11 is 0. The van der Waals surface area contributed by atoms with Crippen LogP contribution in [0.2, 0.25) is 0 Å². The molecule has 6 heteroatoms. The van der Waals surface area contributed by atoms with Gasteiger partial charge in [0.15, 0.2) is 0 Å². The summed E-state index contributed by atoms with van der Waals surface area (Å²) in [5, 5.41) is 14.5. The van der Waals surface area contributed by atoms with E-state index in [4.69, 9.17) is 4.74 Å². The summed E-state index contributed by atoms with van der Waals surface area (Å²) in [5.74, 6) is -0.200. The monoisotopic (exact) mass is 332 g/mol. The first-order chi connectivity index (χ1) is 11.5. The summed E-state index contributed by atoms with van der Waals surface area (Å²) in [4.78, 5) is 12.0. The van der Waals surface area contributed by atoms with Crippen molar-refractivity contribution in [3.63, 3.8) is 0 Å². The third-order valence-electron chi connectivity index (χ3n) is 3.25. The Morgan fingerprint density at radius 3 is 2.50 bits per heavy atom. The average molecular weight is 332 g/mol. The molecule has 128 valence electrons. The van der Waals surface area contributed by atoms with Crippen molar-refractivity contribution in [1.82, 2.24) is 5.32 Å². The lowest BCUT2D eigenvalue weighted by Gasteiger charge is -2.17. The number of hydrogen-bond acceptors (Lipinski definition) is 3. The minimum Gasteiger partial charge on any atom is -0.491 e. The predicted octanol–water partition coefficient (Wildman–Crippen LogP) is 3.47. The Bertz CT molecular complexity index is 677. The normalized spacial score (nSPS) is 11.9. The van der Waals surface area contributed by atoms with Crippen molar-refractivity contribution in [2.45, 2.75) is 26.0 Å². The molecule has 0 fully saturated rings. The number of benzene rings is 2. The third-order valence-corrected chi connectivity index (χ3v) is 3.25. The van der Waals surface area contributed by atoms with Gasteiger partial charge in [0.1, 0.15) is 11.6 Å². The van der Waals surface area contributed by atoms with Crippen LogP contribution < -0.4 is 15.4 Å². The number of carbonyl (C=O) groups is 1. The highest BCUT2D eigenvalue weighted by Crippen LogP contribution is 2.22. The van der Waals surface area contributed by atoms with Crippen LogP contribution in [0.15, 0.2) is 48.5 Å². The fraction of sp³-hybridized carbons (Fsp3) is 0.278. The summed E-state index contributed by atoms with van der Waals surface area (Å²) in [6, 6.07) is 12.1. The molecule has 5 nitrogen and oxygen atoms in total. The van der Waals surface area contributed by atoms with Crippen LogP contribution in [-0.4, -0.2) is 23.8 Å². The van der Waals surface area contributed by atoms with Gasteiger partial charge < -0.3 is 20.5 Å². The zero-order chi connectivity index (χ0) is 17.5. The second kappa shape index (κ2) is 8.31. The number of rotatable bonds is 6. The molecule has 0 saturated carbocycles. The highest BCUT2D eigenvalue weighted by atomic mass is 19.1. The molecule has 0 unspecified atom stereocenters. The highest BCUT2D eigenvalue weighted by molar-refractivity contribution is 5.89. The van der Waals surface area contributed by atoms with E-state index in [1.807, 2.05) is 32.0 Å². The second-order valence-electron chi connectivity index (χ2n) is 5.55. The highest BCUT2D eigenvalue weighted by Gasteiger charge is 2.15. The van der Waals surface area contributed by atoms with Crippen LogP contribution in [0.4, 0.5) is 14.9 Å². The molecule has 0 aliphatic heterocycles. The topological polar surface area (TPSA) is 70.6 Å². The molecule has 3 N–H and O–H groups in total. The summed E-state index contributed by atoms with van der Waals surface area (Å²) in [5.41, 5.74) is 0.796. The molecule has 0 aliphatic carbocycles. The first-order valence-electron chi connectivity index (χ1n) is 7.69. The number of urea groups is 1. The molecule has 0 spiro atoms. The average Bonchev–Trinajstić information content (AvgIpc) is 2.55. The van der Waals surface area contributed by atoms with Gasteiger partial charge in [0, 0.05) is 6.07 Å². The Kier molecular flexibility index (Phi) is 6.14. The van der Waals surface area contributed by atoms with Crippen molar-refractivity contribution in [1.29, 1.82) is 0 Å². The molecule has 0 heterocycles. The van der Waals surface area contributed by atoms with Crippen molar-refractivity contribution in [2.24, 2.45) is 0 Å². The van der Waals surface area contributed by atoms with E-state index < -0.39 is 17.9 Å². The molecule has 2 rings (SSSR count). The maximum Gasteiger partial charge on any atom is 0.319 e. The van der Waals surface area contributed by atoms with Gasteiger partial charge in [-0.05, 0) is 31.5 Å². The van der Waals surface area contributed by atoms with E-state index in [0.29, 0.717) is 5.75 Å². The van der Waals surface area contributed by atoms with E-state index >= 15 is 0 Å². The molecule has 2 amide bonds. The van der Waals surface area contributed by atoms with Gasteiger partial charge in [0.2, 0.25) is 0 Å². The van der Waals surface area contributed by atoms with Gasteiger partial charge in [0.25, 0.3) is 0 Å². The van der Waals surface area contributed by atoms with E-state index in [-0.39, 0.29) is 18.4 Å². The van der Waals surface area contributed by atoms with E-state index in [1.54, 1.807) is 18.2 Å². The van der Waals surface area contributed by atoms with Crippen molar-refractivity contribution < 1.29 is 19.0 Å². The molecule has 24 heavy (non-hydrogen) atoms. The van der Waals surface area contributed by atoms with Crippen LogP contribution in [0.5, 0.6) is 5.75 Å². The smallest absolute Gasteiger partial charge is 0.319 e. The Hall–Kier alpha value is -2.60. The Morgan fingerprint density at radius 2 is 1.92 bits per heavy atom. The quantitative estimate of drug-likeness (QED) is 0.758. The van der Waals surface area contributed by atoms with Crippen LogP contribution in [0.1, 0.15) is 25.5 Å². The molecule has 2 aromatic rings. The van der Waals surface area contributed by atoms with E-state index in [2.05, 4.69) is 10.6 Å². The molecule has 0 bridgehead atoms. The van der Waals surface area contributed by atoms with Gasteiger partial charge in [-0.25, -0.2) is 9.18 Å². The summed E-state index contributed by atoms with van der Waals surface area (Å²) < 4.78 is 19.4. The van der Waals surface area contributed by atoms with Gasteiger partial charge in [-0.15, -0.1) is 0 Å². The number of anilines is 1. The molecule has 0 saturated heterocycles. The molecule has 0 aromatic heterocycles. The van der Waals surface area contributed by atoms with Crippen LogP contribution in [0.25, 0.3) is 0 Å². The van der Waals surface area contributed by atoms with Crippen LogP contribution in [-0.2, 0) is 0 Å². The number of aliphatic hydroxyl groups is 1. The number of nitrogens with one attached hydrogen (secondary N) is 2. The lowest BCUT2D eigenvalue weighted by Crippen LogP contribution is -2.34. The fourth-order valence-electron chi connectivity index (χ4n) is 2.18. The summed E-state index contributed by atoms with van der Waals surface area (Å²) in [6.45, 7) is 3.42. The van der Waals surface area contributed by atoms with Crippen molar-refractivity contribution in [3.05, 3.63) is 59.9 Å². The van der Waals surface area contributed by atoms with E-state index in [9.17, 15) is 14.3 Å². The summed E-state index contributed by atoms with van der Waals surface area (Å²) in [7, 11) is 0. The number of ether oxygens (including phenoxy) is 1. The second-order valence-corrected chi connectivity index (χ2v) is 5.55. The first kappa shape index (κ1) is 17.7. The van der Waals surface area contributed by atoms with Crippen molar-refractivity contribution in [2.75, 3.05) is 11.9 Å². The number of amides is 2. The number of aliphatic hydroxyl groups excluding tert-OH is 1. The van der Waals surface area contributed by atoms with Gasteiger partial charge in [-0.1, -0.05) is 30.3 Å². The number of hydrogen-bond donors (Lipinski definition) is 3. The maximum atomic E-state index is 14.0. The lowest BCUT2D eigenvalue weighted by atomic mass is 10.1. The molecule has 0 radical (unpaired) electrons. The van der Waals surface area contributed by atoms with Crippen molar-refractivity contribution in [3.8, 4) is 5.75 Å². The van der Waals surface area contributed by atoms with E-state index in [0.717, 1.165) is 5.56 Å². The standard InChI is InChI=1S/C18H21FN2O3/c1-12(2)24-14-8-9-16(15(19)10-14)20-18(23)21-17(11-22)13-6-4-3-5-7-13/h3-10,12,17,22H,11H2,1-2H3,(H2,20,21,23)/t17-/m1/s1. The zero-order valence-electron chi connectivity index (χ0n) is 13.6. The minimum absolute atomic E-state index is 0.0355. The van der Waals surface area contributed by atoms with Crippen LogP contribution >= 0.6 is 0 Å². The maximum absolute atomic E-state index is 14.0. The fourth-order valence-corrected chi connectivity index (χ4v) is 2.18. The molecule has 0 aliphatic rings. The van der Waals surface area contributed by atoms with Crippen molar-refractivity contribution >= 4 is 11.7 Å². The SMILES string of the molecule is CC(C)Oc1ccc(NC(=O)N[C@H](CO)c2ccccc2)c(F)c1. The van der Waals surface area contributed by atoms with Gasteiger partial charge >= 0.3 is 6.03 Å². The van der Waals surface area contributed by atoms with Gasteiger partial charge in [0.05, 0.1) is 24.4 Å². The zero-order valence-corrected chi connectivity index (χ0v) is 13.6. The van der Waals surface area contributed by atoms with E-state index in [1.165, 1.54) is 12.1 Å². The molecular formula is C18H21FN2O3. The predicted molar refractivity (Wildman–Crippen MR) is 90.6 cm³/mol. The molecule has 1 atom stereocenters. The Labute approximate surface area is 140 Å². The van der Waals surface area contributed by atoms with Gasteiger partial charge in [-0.3, -0.25) is 0 Å². The Morgan fingerprint density at radius 1 is 1.21 bits per heavy atom. The molecule has 2 aromatic carbocycles. The van der Waals surface area contributed by atoms with Gasteiger partial charge in [-0.2, -0.15) is 0 Å². The largest absolute Gasteiger partial charge is 0.491 e.